The number of anilines is 1. The fourth-order valence-electron chi connectivity index (χ4n) is 8.13. The molecule has 8 atom stereocenters. The highest BCUT2D eigenvalue weighted by atomic mass is 16.3. The van der Waals surface area contributed by atoms with Crippen molar-refractivity contribution in [2.75, 3.05) is 12.4 Å². The first-order valence-corrected chi connectivity index (χ1v) is 12.1. The lowest BCUT2D eigenvalue weighted by Crippen LogP contribution is -2.60. The summed E-state index contributed by atoms with van der Waals surface area (Å²) in [4.78, 5) is 31.1. The van der Waals surface area contributed by atoms with Gasteiger partial charge in [-0.2, -0.15) is 0 Å². The maximum atomic E-state index is 12.9. The zero-order valence-electron chi connectivity index (χ0n) is 19.3. The molecule has 6 heteroatoms. The number of carbonyl (C=O) groups excluding carboxylic acids is 2. The summed E-state index contributed by atoms with van der Waals surface area (Å²) in [5.74, 6) is 1.42. The quantitative estimate of drug-likeness (QED) is 0.756. The van der Waals surface area contributed by atoms with E-state index in [-0.39, 0.29) is 34.6 Å². The largest absolute Gasteiger partial charge is 0.383 e. The molecule has 1 aliphatic heterocycles. The van der Waals surface area contributed by atoms with Gasteiger partial charge in [-0.3, -0.25) is 14.6 Å². The highest BCUT2D eigenvalue weighted by Crippen LogP contribution is 2.65. The van der Waals surface area contributed by atoms with Crippen molar-refractivity contribution in [3.8, 4) is 0 Å². The minimum atomic E-state index is -1.01. The Morgan fingerprint density at radius 1 is 1.22 bits per heavy atom. The molecule has 3 fully saturated rings. The molecule has 2 N–H and O–H groups in total. The third-order valence-corrected chi connectivity index (χ3v) is 9.78. The first-order chi connectivity index (χ1) is 15.3. The highest BCUT2D eigenvalue weighted by molar-refractivity contribution is 5.94. The van der Waals surface area contributed by atoms with E-state index in [4.69, 9.17) is 0 Å². The van der Waals surface area contributed by atoms with E-state index in [1.807, 2.05) is 11.9 Å². The van der Waals surface area contributed by atoms with E-state index in [2.05, 4.69) is 30.2 Å². The Kier molecular flexibility index (Phi) is 5.19. The summed E-state index contributed by atoms with van der Waals surface area (Å²) >= 11 is 0. The van der Waals surface area contributed by atoms with Crippen molar-refractivity contribution >= 4 is 17.5 Å². The SMILES string of the molecule is CN1C(=O)C=C[C@]2(C)C3CC[C@]4(C)[C@@H](C(O)C(=O)Nc5cccnc5)CC[C@H]4C3CC[C@@H]12. The van der Waals surface area contributed by atoms with Crippen LogP contribution >= 0.6 is 0 Å². The van der Waals surface area contributed by atoms with Crippen molar-refractivity contribution in [2.45, 2.75) is 64.5 Å². The fourth-order valence-corrected chi connectivity index (χ4v) is 8.13. The molecule has 0 radical (unpaired) electrons. The molecule has 0 aromatic carbocycles. The van der Waals surface area contributed by atoms with Crippen LogP contribution in [0.5, 0.6) is 0 Å². The predicted molar refractivity (Wildman–Crippen MR) is 122 cm³/mol. The molecule has 6 nitrogen and oxygen atoms in total. The summed E-state index contributed by atoms with van der Waals surface area (Å²) in [5, 5.41) is 13.9. The number of hydrogen-bond acceptors (Lipinski definition) is 4. The number of hydrogen-bond donors (Lipinski definition) is 2. The van der Waals surface area contributed by atoms with E-state index in [9.17, 15) is 14.7 Å². The standard InChI is InChI=1S/C26H35N3O3/c1-25-12-10-19-17(6-9-21-26(19,2)13-11-22(30)29(21)3)18(25)7-8-20(25)23(31)24(32)28-16-5-4-14-27-15-16/h4-5,11,13-15,17-21,23,31H,6-10,12H2,1-3H3,(H,28,32)/t17?,18-,19?,20+,21+,23?,25-,26+/m0/s1. The lowest BCUT2D eigenvalue weighted by molar-refractivity contribution is -0.142. The second-order valence-electron chi connectivity index (χ2n) is 11.0. The Morgan fingerprint density at radius 3 is 2.78 bits per heavy atom. The summed E-state index contributed by atoms with van der Waals surface area (Å²) in [7, 11) is 1.95. The molecule has 5 rings (SSSR count). The zero-order chi connectivity index (χ0) is 22.7. The van der Waals surface area contributed by atoms with Gasteiger partial charge >= 0.3 is 0 Å². The van der Waals surface area contributed by atoms with Crippen LogP contribution in [0.15, 0.2) is 36.7 Å². The van der Waals surface area contributed by atoms with Crippen LogP contribution in [0.4, 0.5) is 5.69 Å². The summed E-state index contributed by atoms with van der Waals surface area (Å²) < 4.78 is 0. The second-order valence-corrected chi connectivity index (χ2v) is 11.0. The van der Waals surface area contributed by atoms with E-state index in [0.29, 0.717) is 23.4 Å². The number of likely N-dealkylation sites (N-methyl/N-ethyl adjacent to an activating group) is 1. The fraction of sp³-hybridized carbons (Fsp3) is 0.654. The molecule has 0 spiro atoms. The number of nitrogens with zero attached hydrogens (tertiary/aromatic N) is 2. The molecule has 3 unspecified atom stereocenters. The molecule has 1 aromatic heterocycles. The Morgan fingerprint density at radius 2 is 2.03 bits per heavy atom. The summed E-state index contributed by atoms with van der Waals surface area (Å²) in [6, 6.07) is 3.84. The highest BCUT2D eigenvalue weighted by Gasteiger charge is 2.61. The molecule has 32 heavy (non-hydrogen) atoms. The Labute approximate surface area is 190 Å². The molecule has 3 aliphatic carbocycles. The van der Waals surface area contributed by atoms with Crippen LogP contribution in [0.3, 0.4) is 0 Å². The van der Waals surface area contributed by atoms with E-state index in [1.54, 1.807) is 30.6 Å². The number of fused-ring (bicyclic) bond motifs is 5. The van der Waals surface area contributed by atoms with Crippen molar-refractivity contribution in [1.82, 2.24) is 9.88 Å². The van der Waals surface area contributed by atoms with Crippen molar-refractivity contribution in [1.29, 1.82) is 0 Å². The monoisotopic (exact) mass is 437 g/mol. The second kappa shape index (κ2) is 7.68. The molecule has 0 bridgehead atoms. The smallest absolute Gasteiger partial charge is 0.253 e. The minimum absolute atomic E-state index is 0.0152. The maximum absolute atomic E-state index is 12.9. The predicted octanol–water partition coefficient (Wildman–Crippen LogP) is 3.64. The van der Waals surface area contributed by atoms with Crippen molar-refractivity contribution in [3.05, 3.63) is 36.7 Å². The van der Waals surface area contributed by atoms with Gasteiger partial charge in [-0.25, -0.2) is 0 Å². The van der Waals surface area contributed by atoms with Crippen molar-refractivity contribution < 1.29 is 14.7 Å². The Bertz CT molecular complexity index is 934. The Balaban J connectivity index is 1.35. The number of aromatic nitrogens is 1. The van der Waals surface area contributed by atoms with Crippen LogP contribution in [0, 0.1) is 34.5 Å². The number of aliphatic hydroxyl groups is 1. The molecule has 1 aromatic rings. The van der Waals surface area contributed by atoms with E-state index in [1.165, 1.54) is 0 Å². The van der Waals surface area contributed by atoms with E-state index >= 15 is 0 Å². The third-order valence-electron chi connectivity index (χ3n) is 9.78. The number of rotatable bonds is 3. The van der Waals surface area contributed by atoms with Gasteiger partial charge in [-0.1, -0.05) is 19.9 Å². The van der Waals surface area contributed by atoms with E-state index in [0.717, 1.165) is 38.5 Å². The molecular weight excluding hydrogens is 402 g/mol. The first kappa shape index (κ1) is 21.6. The molecule has 3 saturated carbocycles. The average Bonchev–Trinajstić information content (AvgIpc) is 3.14. The molecule has 0 saturated heterocycles. The molecule has 2 heterocycles. The van der Waals surface area contributed by atoms with Gasteiger partial charge in [0.2, 0.25) is 5.91 Å². The summed E-state index contributed by atoms with van der Waals surface area (Å²) in [5.41, 5.74) is 0.603. The molecule has 172 valence electrons. The van der Waals surface area contributed by atoms with Crippen LogP contribution in [0.2, 0.25) is 0 Å². The average molecular weight is 438 g/mol. The molecule has 4 aliphatic rings. The van der Waals surface area contributed by atoms with Gasteiger partial charge in [-0.05, 0) is 85.8 Å². The van der Waals surface area contributed by atoms with Gasteiger partial charge in [0.25, 0.3) is 5.91 Å². The van der Waals surface area contributed by atoms with Gasteiger partial charge in [0.15, 0.2) is 0 Å². The summed E-state index contributed by atoms with van der Waals surface area (Å²) in [6.07, 6.45) is 12.5. The van der Waals surface area contributed by atoms with Crippen LogP contribution in [0.1, 0.15) is 52.4 Å². The van der Waals surface area contributed by atoms with Gasteiger partial charge in [0.05, 0.1) is 11.9 Å². The number of aliphatic hydroxyl groups excluding tert-OH is 1. The van der Waals surface area contributed by atoms with Gasteiger partial charge < -0.3 is 15.3 Å². The van der Waals surface area contributed by atoms with Gasteiger partial charge in [0, 0.05) is 24.7 Å². The van der Waals surface area contributed by atoms with E-state index < -0.39 is 6.10 Å². The topological polar surface area (TPSA) is 82.5 Å². The van der Waals surface area contributed by atoms with Crippen LogP contribution in [-0.4, -0.2) is 46.0 Å². The normalized spacial score (nSPS) is 41.4. The van der Waals surface area contributed by atoms with Crippen LogP contribution in [0.25, 0.3) is 0 Å². The van der Waals surface area contributed by atoms with Crippen molar-refractivity contribution in [2.24, 2.45) is 34.5 Å². The minimum Gasteiger partial charge on any atom is -0.383 e. The lowest BCUT2D eigenvalue weighted by atomic mass is 9.47. The molecular formula is C26H35N3O3. The number of carbonyl (C=O) groups is 2. The first-order valence-electron chi connectivity index (χ1n) is 12.1. The van der Waals surface area contributed by atoms with Gasteiger partial charge in [0.1, 0.15) is 6.10 Å². The molecule has 2 amide bonds. The van der Waals surface area contributed by atoms with Crippen LogP contribution in [-0.2, 0) is 9.59 Å². The lowest BCUT2D eigenvalue weighted by Gasteiger charge is -2.60. The zero-order valence-corrected chi connectivity index (χ0v) is 19.3. The number of nitrogens with one attached hydrogen (secondary N) is 1. The van der Waals surface area contributed by atoms with Gasteiger partial charge in [-0.15, -0.1) is 0 Å². The Hall–Kier alpha value is -2.21. The maximum Gasteiger partial charge on any atom is 0.253 e. The van der Waals surface area contributed by atoms with Crippen molar-refractivity contribution in [3.63, 3.8) is 0 Å². The summed E-state index contributed by atoms with van der Waals surface area (Å²) in [6.45, 7) is 4.66. The third kappa shape index (κ3) is 3.13. The van der Waals surface area contributed by atoms with Crippen LogP contribution < -0.4 is 5.32 Å². The number of amides is 2. The number of pyridine rings is 1.